The molecule has 1 aromatic carbocycles. The van der Waals surface area contributed by atoms with Crippen LogP contribution >= 0.6 is 0 Å². The lowest BCUT2D eigenvalue weighted by atomic mass is 9.80. The highest BCUT2D eigenvalue weighted by atomic mass is 16.5. The van der Waals surface area contributed by atoms with Gasteiger partial charge in [-0.3, -0.25) is 4.79 Å². The second-order valence-electron chi connectivity index (χ2n) is 8.58. The molecule has 1 aliphatic carbocycles. The largest absolute Gasteiger partial charge is 0.381 e. The topological polar surface area (TPSA) is 68.5 Å². The summed E-state index contributed by atoms with van der Waals surface area (Å²) in [5.74, 6) is 2.60. The fraction of sp³-hybridized carbons (Fsp3) is 0.591. The standard InChI is InChI=1S/C22H27N3O3/c26-19(9-8-16-10-12-27-14-16)25-13-18-7-4-11-22(18,15-25)21-23-20(24-28-21)17-5-2-1-3-6-17/h1-3,5-6,16,18H,4,7-15H2/t16?,18-,22-/m1/s1. The first-order valence-electron chi connectivity index (χ1n) is 10.5. The summed E-state index contributed by atoms with van der Waals surface area (Å²) in [6.45, 7) is 3.19. The minimum Gasteiger partial charge on any atom is -0.381 e. The Hall–Kier alpha value is -2.21. The number of fused-ring (bicyclic) bond motifs is 1. The highest BCUT2D eigenvalue weighted by molar-refractivity contribution is 5.77. The van der Waals surface area contributed by atoms with Gasteiger partial charge in [-0.1, -0.05) is 41.9 Å². The van der Waals surface area contributed by atoms with Crippen LogP contribution in [0.2, 0.25) is 0 Å². The number of ether oxygens (including phenoxy) is 1. The summed E-state index contributed by atoms with van der Waals surface area (Å²) in [6.07, 6.45) is 5.96. The first-order valence-corrected chi connectivity index (χ1v) is 10.5. The third kappa shape index (κ3) is 3.13. The number of amides is 1. The van der Waals surface area contributed by atoms with Gasteiger partial charge in [0.1, 0.15) is 0 Å². The zero-order valence-electron chi connectivity index (χ0n) is 16.2. The van der Waals surface area contributed by atoms with E-state index in [1.807, 2.05) is 35.2 Å². The maximum Gasteiger partial charge on any atom is 0.235 e. The Bertz CT molecular complexity index is 831. The molecular formula is C22H27N3O3. The first kappa shape index (κ1) is 17.9. The van der Waals surface area contributed by atoms with Crippen molar-refractivity contribution in [3.8, 4) is 11.4 Å². The van der Waals surface area contributed by atoms with Gasteiger partial charge < -0.3 is 14.2 Å². The minimum atomic E-state index is -0.161. The van der Waals surface area contributed by atoms with Crippen LogP contribution in [0.3, 0.4) is 0 Å². The maximum absolute atomic E-state index is 12.9. The van der Waals surface area contributed by atoms with Crippen LogP contribution < -0.4 is 0 Å². The Balaban J connectivity index is 1.31. The second-order valence-corrected chi connectivity index (χ2v) is 8.58. The van der Waals surface area contributed by atoms with Crippen molar-refractivity contribution in [3.05, 3.63) is 36.2 Å². The zero-order chi connectivity index (χ0) is 19.0. The van der Waals surface area contributed by atoms with Crippen molar-refractivity contribution in [1.82, 2.24) is 15.0 Å². The summed E-state index contributed by atoms with van der Waals surface area (Å²) in [5.41, 5.74) is 0.805. The van der Waals surface area contributed by atoms with E-state index < -0.39 is 0 Å². The summed E-state index contributed by atoms with van der Waals surface area (Å²) < 4.78 is 11.2. The normalized spacial score (nSPS) is 29.4. The Morgan fingerprint density at radius 1 is 1.25 bits per heavy atom. The monoisotopic (exact) mass is 381 g/mol. The van der Waals surface area contributed by atoms with E-state index in [4.69, 9.17) is 14.2 Å². The van der Waals surface area contributed by atoms with Gasteiger partial charge in [-0.2, -0.15) is 4.98 Å². The summed E-state index contributed by atoms with van der Waals surface area (Å²) in [7, 11) is 0. The summed E-state index contributed by atoms with van der Waals surface area (Å²) in [4.78, 5) is 19.7. The lowest BCUT2D eigenvalue weighted by molar-refractivity contribution is -0.130. The third-order valence-electron chi connectivity index (χ3n) is 6.90. The molecule has 0 radical (unpaired) electrons. The first-order chi connectivity index (χ1) is 13.7. The number of hydrogen-bond donors (Lipinski definition) is 0. The SMILES string of the molecule is O=C(CCC1CCOC1)N1C[C@H]2CCC[C@@]2(c2nc(-c3ccccc3)no2)C1. The van der Waals surface area contributed by atoms with E-state index in [9.17, 15) is 4.79 Å². The molecule has 5 rings (SSSR count). The molecule has 1 saturated carbocycles. The quantitative estimate of drug-likeness (QED) is 0.794. The van der Waals surface area contributed by atoms with E-state index in [2.05, 4.69) is 5.16 Å². The number of carbonyl (C=O) groups excluding carboxylic acids is 1. The molecule has 3 aliphatic rings. The van der Waals surface area contributed by atoms with Crippen molar-refractivity contribution in [3.63, 3.8) is 0 Å². The number of likely N-dealkylation sites (tertiary alicyclic amines) is 1. The maximum atomic E-state index is 12.9. The van der Waals surface area contributed by atoms with E-state index in [0.29, 0.717) is 36.5 Å². The molecule has 0 spiro atoms. The fourth-order valence-corrected chi connectivity index (χ4v) is 5.26. The number of benzene rings is 1. The van der Waals surface area contributed by atoms with Crippen LogP contribution in [0.1, 0.15) is 44.4 Å². The van der Waals surface area contributed by atoms with E-state index in [1.165, 1.54) is 0 Å². The van der Waals surface area contributed by atoms with Gasteiger partial charge in [0.25, 0.3) is 0 Å². The Morgan fingerprint density at radius 2 is 2.14 bits per heavy atom. The van der Waals surface area contributed by atoms with Gasteiger partial charge in [0, 0.05) is 38.3 Å². The molecule has 2 saturated heterocycles. The van der Waals surface area contributed by atoms with Crippen LogP contribution in [0.5, 0.6) is 0 Å². The van der Waals surface area contributed by atoms with Crippen molar-refractivity contribution < 1.29 is 14.1 Å². The molecule has 1 aromatic heterocycles. The van der Waals surface area contributed by atoms with Crippen LogP contribution in [-0.2, 0) is 14.9 Å². The van der Waals surface area contributed by atoms with E-state index in [-0.39, 0.29) is 11.3 Å². The van der Waals surface area contributed by atoms with Crippen molar-refractivity contribution in [2.24, 2.45) is 11.8 Å². The predicted octanol–water partition coefficient (Wildman–Crippen LogP) is 3.43. The number of nitrogens with zero attached hydrogens (tertiary/aromatic N) is 3. The highest BCUT2D eigenvalue weighted by Gasteiger charge is 2.55. The van der Waals surface area contributed by atoms with Crippen molar-refractivity contribution in [2.75, 3.05) is 26.3 Å². The third-order valence-corrected chi connectivity index (χ3v) is 6.90. The lowest BCUT2D eigenvalue weighted by Gasteiger charge is -2.24. The number of aromatic nitrogens is 2. The van der Waals surface area contributed by atoms with Gasteiger partial charge in [-0.25, -0.2) is 0 Å². The molecule has 148 valence electrons. The molecule has 6 heteroatoms. The van der Waals surface area contributed by atoms with E-state index in [0.717, 1.165) is 57.4 Å². The summed E-state index contributed by atoms with van der Waals surface area (Å²) >= 11 is 0. The average Bonchev–Trinajstić information content (AvgIpc) is 3.50. The minimum absolute atomic E-state index is 0.161. The van der Waals surface area contributed by atoms with Crippen molar-refractivity contribution in [2.45, 2.75) is 43.9 Å². The van der Waals surface area contributed by atoms with Crippen LogP contribution in [0.15, 0.2) is 34.9 Å². The lowest BCUT2D eigenvalue weighted by Crippen LogP contribution is -2.35. The molecule has 3 fully saturated rings. The predicted molar refractivity (Wildman–Crippen MR) is 103 cm³/mol. The fourth-order valence-electron chi connectivity index (χ4n) is 5.26. The van der Waals surface area contributed by atoms with E-state index in [1.54, 1.807) is 0 Å². The summed E-state index contributed by atoms with van der Waals surface area (Å²) in [6, 6.07) is 9.93. The van der Waals surface area contributed by atoms with E-state index >= 15 is 0 Å². The molecule has 2 aromatic rings. The average molecular weight is 381 g/mol. The van der Waals surface area contributed by atoms with Gasteiger partial charge in [0.2, 0.25) is 17.6 Å². The van der Waals surface area contributed by atoms with Crippen LogP contribution in [0.25, 0.3) is 11.4 Å². The second kappa shape index (κ2) is 7.32. The highest BCUT2D eigenvalue weighted by Crippen LogP contribution is 2.50. The number of carbonyl (C=O) groups is 1. The van der Waals surface area contributed by atoms with Gasteiger partial charge >= 0.3 is 0 Å². The van der Waals surface area contributed by atoms with Gasteiger partial charge in [-0.15, -0.1) is 0 Å². The Kier molecular flexibility index (Phi) is 4.67. The molecule has 2 aliphatic heterocycles. The smallest absolute Gasteiger partial charge is 0.235 e. The van der Waals surface area contributed by atoms with Crippen LogP contribution in [0.4, 0.5) is 0 Å². The van der Waals surface area contributed by atoms with Crippen LogP contribution in [0, 0.1) is 11.8 Å². The Morgan fingerprint density at radius 3 is 2.96 bits per heavy atom. The van der Waals surface area contributed by atoms with Crippen LogP contribution in [-0.4, -0.2) is 47.3 Å². The molecule has 1 amide bonds. The molecular weight excluding hydrogens is 354 g/mol. The number of hydrogen-bond acceptors (Lipinski definition) is 5. The summed E-state index contributed by atoms with van der Waals surface area (Å²) in [5, 5.41) is 4.24. The van der Waals surface area contributed by atoms with Gasteiger partial charge in [-0.05, 0) is 37.5 Å². The molecule has 3 atom stereocenters. The molecule has 3 heterocycles. The zero-order valence-corrected chi connectivity index (χ0v) is 16.2. The molecule has 28 heavy (non-hydrogen) atoms. The van der Waals surface area contributed by atoms with Gasteiger partial charge in [0.15, 0.2) is 0 Å². The van der Waals surface area contributed by atoms with Gasteiger partial charge in [0.05, 0.1) is 5.41 Å². The number of rotatable bonds is 5. The van der Waals surface area contributed by atoms with Crippen molar-refractivity contribution >= 4 is 5.91 Å². The Labute approximate surface area is 165 Å². The molecule has 6 nitrogen and oxygen atoms in total. The van der Waals surface area contributed by atoms with Crippen molar-refractivity contribution in [1.29, 1.82) is 0 Å². The molecule has 1 unspecified atom stereocenters. The molecule has 0 bridgehead atoms. The molecule has 0 N–H and O–H groups in total.